The van der Waals surface area contributed by atoms with Crippen molar-refractivity contribution in [2.24, 2.45) is 0 Å². The summed E-state index contributed by atoms with van der Waals surface area (Å²) in [5.74, 6) is 0. The van der Waals surface area contributed by atoms with Crippen LogP contribution in [0.4, 0.5) is 11.4 Å². The van der Waals surface area contributed by atoms with Crippen molar-refractivity contribution in [3.8, 4) is 44.5 Å². The predicted octanol–water partition coefficient (Wildman–Crippen LogP) is 14.7. The standard InChI is InChI=1S/C54H39N/c1-54(2)48-18-10-9-15-42(48)43-28-27-40(32-49(43)54)53-45-17-8-7-16-44(45)52(41-25-23-36-22-21-35-13-6-11-19-50(35)55(3)51(36)33-41)46-29-26-39(31-47(46)53)38-24-20-34-12-4-5-14-37(34)30-38/h4-33H,1-3H3. The molecule has 55 heavy (non-hydrogen) atoms. The van der Waals surface area contributed by atoms with Gasteiger partial charge in [-0.25, -0.2) is 0 Å². The first kappa shape index (κ1) is 31.8. The normalized spacial score (nSPS) is 13.8. The maximum Gasteiger partial charge on any atom is 0.0488 e. The van der Waals surface area contributed by atoms with Crippen LogP contribution in [0, 0.1) is 0 Å². The Bertz CT molecular complexity index is 3090. The number of fused-ring (bicyclic) bond motifs is 8. The lowest BCUT2D eigenvalue weighted by Crippen LogP contribution is -2.14. The number of benzene rings is 9. The molecule has 2 aliphatic rings. The van der Waals surface area contributed by atoms with E-state index < -0.39 is 0 Å². The molecular formula is C54H39N. The van der Waals surface area contributed by atoms with Crippen LogP contribution < -0.4 is 4.90 Å². The molecule has 1 nitrogen and oxygen atoms in total. The summed E-state index contributed by atoms with van der Waals surface area (Å²) < 4.78 is 0. The van der Waals surface area contributed by atoms with E-state index in [0.29, 0.717) is 0 Å². The van der Waals surface area contributed by atoms with E-state index in [9.17, 15) is 0 Å². The fraction of sp³-hybridized carbons (Fsp3) is 0.0741. The van der Waals surface area contributed by atoms with E-state index in [1.165, 1.54) is 110 Å². The fourth-order valence-electron chi connectivity index (χ4n) is 9.58. The van der Waals surface area contributed by atoms with Crippen LogP contribution in [0.25, 0.3) is 89.0 Å². The highest BCUT2D eigenvalue weighted by molar-refractivity contribution is 6.22. The molecule has 0 saturated carbocycles. The van der Waals surface area contributed by atoms with E-state index in [1.807, 2.05) is 0 Å². The summed E-state index contributed by atoms with van der Waals surface area (Å²) in [7, 11) is 2.19. The van der Waals surface area contributed by atoms with Gasteiger partial charge in [-0.1, -0.05) is 166 Å². The first-order chi connectivity index (χ1) is 26.9. The number of hydrogen-bond acceptors (Lipinski definition) is 1. The molecule has 0 radical (unpaired) electrons. The van der Waals surface area contributed by atoms with Crippen molar-refractivity contribution in [1.82, 2.24) is 0 Å². The summed E-state index contributed by atoms with van der Waals surface area (Å²) in [6, 6.07) is 63.5. The average molecular weight is 702 g/mol. The number of anilines is 2. The highest BCUT2D eigenvalue weighted by Gasteiger charge is 2.35. The molecule has 9 aromatic carbocycles. The van der Waals surface area contributed by atoms with Gasteiger partial charge in [0.05, 0.1) is 0 Å². The van der Waals surface area contributed by atoms with Gasteiger partial charge in [-0.15, -0.1) is 0 Å². The van der Waals surface area contributed by atoms with Gasteiger partial charge in [0.1, 0.15) is 0 Å². The van der Waals surface area contributed by atoms with Crippen molar-refractivity contribution in [2.45, 2.75) is 19.3 Å². The maximum atomic E-state index is 2.49. The summed E-state index contributed by atoms with van der Waals surface area (Å²) in [6.07, 6.45) is 4.49. The van der Waals surface area contributed by atoms with Crippen molar-refractivity contribution in [2.75, 3.05) is 11.9 Å². The Balaban J connectivity index is 1.19. The van der Waals surface area contributed by atoms with E-state index in [0.717, 1.165) is 0 Å². The lowest BCUT2D eigenvalue weighted by molar-refractivity contribution is 0.660. The van der Waals surface area contributed by atoms with E-state index in [1.54, 1.807) is 0 Å². The van der Waals surface area contributed by atoms with Crippen LogP contribution in [-0.4, -0.2) is 7.05 Å². The molecule has 0 saturated heterocycles. The largest absolute Gasteiger partial charge is 0.344 e. The van der Waals surface area contributed by atoms with Gasteiger partial charge in [0.15, 0.2) is 0 Å². The molecule has 1 heteroatoms. The van der Waals surface area contributed by atoms with E-state index >= 15 is 0 Å². The number of para-hydroxylation sites is 1. The van der Waals surface area contributed by atoms with Gasteiger partial charge in [0, 0.05) is 23.8 Å². The zero-order valence-corrected chi connectivity index (χ0v) is 31.3. The van der Waals surface area contributed by atoms with Crippen LogP contribution in [0.2, 0.25) is 0 Å². The van der Waals surface area contributed by atoms with Crippen molar-refractivity contribution in [3.63, 3.8) is 0 Å². The minimum Gasteiger partial charge on any atom is -0.344 e. The molecule has 0 fully saturated rings. The number of hydrogen-bond donors (Lipinski definition) is 0. The first-order valence-electron chi connectivity index (χ1n) is 19.3. The van der Waals surface area contributed by atoms with Crippen LogP contribution >= 0.6 is 0 Å². The smallest absolute Gasteiger partial charge is 0.0488 e. The molecule has 0 N–H and O–H groups in total. The van der Waals surface area contributed by atoms with Gasteiger partial charge in [-0.3, -0.25) is 0 Å². The first-order valence-corrected chi connectivity index (χ1v) is 19.3. The Morgan fingerprint density at radius 2 is 0.964 bits per heavy atom. The summed E-state index contributed by atoms with van der Waals surface area (Å²) in [5, 5.41) is 7.56. The minimum absolute atomic E-state index is 0.0926. The molecule has 0 unspecified atom stereocenters. The maximum absolute atomic E-state index is 2.49. The lowest BCUT2D eigenvalue weighted by Gasteiger charge is -2.24. The van der Waals surface area contributed by atoms with Crippen LogP contribution in [0.15, 0.2) is 170 Å². The molecule has 0 atom stereocenters. The lowest BCUT2D eigenvalue weighted by atomic mass is 9.80. The summed E-state index contributed by atoms with van der Waals surface area (Å²) in [6.45, 7) is 4.75. The third-order valence-electron chi connectivity index (χ3n) is 12.4. The summed E-state index contributed by atoms with van der Waals surface area (Å²) in [5.41, 5.74) is 17.7. The summed E-state index contributed by atoms with van der Waals surface area (Å²) >= 11 is 0. The monoisotopic (exact) mass is 701 g/mol. The molecule has 9 aromatic rings. The topological polar surface area (TPSA) is 3.24 Å². The van der Waals surface area contributed by atoms with Gasteiger partial charge in [0.25, 0.3) is 0 Å². The average Bonchev–Trinajstić information content (AvgIpc) is 3.36. The molecule has 0 spiro atoms. The zero-order chi connectivity index (χ0) is 36.8. The molecule has 0 bridgehead atoms. The predicted molar refractivity (Wildman–Crippen MR) is 236 cm³/mol. The Hall–Kier alpha value is -6.70. The molecule has 1 heterocycles. The quantitative estimate of drug-likeness (QED) is 0.166. The third kappa shape index (κ3) is 4.79. The molecule has 1 aliphatic heterocycles. The molecular weight excluding hydrogens is 663 g/mol. The molecule has 0 amide bonds. The van der Waals surface area contributed by atoms with Gasteiger partial charge < -0.3 is 4.90 Å². The van der Waals surface area contributed by atoms with Gasteiger partial charge >= 0.3 is 0 Å². The molecule has 1 aliphatic carbocycles. The Morgan fingerprint density at radius 3 is 1.82 bits per heavy atom. The van der Waals surface area contributed by atoms with Crippen molar-refractivity contribution in [1.29, 1.82) is 0 Å². The van der Waals surface area contributed by atoms with Crippen molar-refractivity contribution >= 4 is 55.8 Å². The highest BCUT2D eigenvalue weighted by atomic mass is 15.1. The third-order valence-corrected chi connectivity index (χ3v) is 12.4. The second-order valence-electron chi connectivity index (χ2n) is 15.8. The Morgan fingerprint density at radius 1 is 0.382 bits per heavy atom. The highest BCUT2D eigenvalue weighted by Crippen LogP contribution is 2.52. The van der Waals surface area contributed by atoms with Crippen molar-refractivity contribution < 1.29 is 0 Å². The Labute approximate surface area is 322 Å². The molecule has 260 valence electrons. The van der Waals surface area contributed by atoms with Gasteiger partial charge in [0.2, 0.25) is 0 Å². The molecule has 0 aromatic heterocycles. The van der Waals surface area contributed by atoms with Crippen LogP contribution in [0.3, 0.4) is 0 Å². The number of nitrogens with zero attached hydrogens (tertiary/aromatic N) is 1. The number of rotatable bonds is 3. The van der Waals surface area contributed by atoms with Gasteiger partial charge in [-0.05, 0) is 129 Å². The second-order valence-corrected chi connectivity index (χ2v) is 15.8. The van der Waals surface area contributed by atoms with E-state index in [4.69, 9.17) is 0 Å². The summed E-state index contributed by atoms with van der Waals surface area (Å²) in [4.78, 5) is 2.34. The molecule has 11 rings (SSSR count). The minimum atomic E-state index is -0.0926. The fourth-order valence-corrected chi connectivity index (χ4v) is 9.58. The zero-order valence-electron chi connectivity index (χ0n) is 31.3. The Kier molecular flexibility index (Phi) is 6.88. The second kappa shape index (κ2) is 11.9. The van der Waals surface area contributed by atoms with Crippen LogP contribution in [0.1, 0.15) is 36.1 Å². The van der Waals surface area contributed by atoms with Gasteiger partial charge in [-0.2, -0.15) is 0 Å². The SMILES string of the molecule is CN1c2ccccc2C=Cc2ccc(-c3c4ccccc4c(-c4ccc5c(c4)C(C)(C)c4ccccc4-5)c4cc(-c5ccc6ccccc6c5)ccc34)cc21. The van der Waals surface area contributed by atoms with E-state index in [-0.39, 0.29) is 5.41 Å². The van der Waals surface area contributed by atoms with Crippen molar-refractivity contribution in [3.05, 3.63) is 192 Å². The van der Waals surface area contributed by atoms with Crippen LogP contribution in [0.5, 0.6) is 0 Å². The van der Waals surface area contributed by atoms with Crippen LogP contribution in [-0.2, 0) is 5.41 Å². The van der Waals surface area contributed by atoms with E-state index in [2.05, 4.69) is 208 Å².